The second-order valence-electron chi connectivity index (χ2n) is 6.60. The zero-order valence-electron chi connectivity index (χ0n) is 17.9. The summed E-state index contributed by atoms with van der Waals surface area (Å²) in [6.45, 7) is 4.66. The maximum atomic E-state index is 5.47. The summed E-state index contributed by atoms with van der Waals surface area (Å²) in [6.07, 6.45) is 1.96. The monoisotopic (exact) mass is 522 g/mol. The van der Waals surface area contributed by atoms with Crippen molar-refractivity contribution in [2.45, 2.75) is 18.9 Å². The summed E-state index contributed by atoms with van der Waals surface area (Å²) >= 11 is 0. The van der Waals surface area contributed by atoms with Gasteiger partial charge >= 0.3 is 0 Å². The van der Waals surface area contributed by atoms with E-state index in [1.165, 1.54) is 0 Å². The highest BCUT2D eigenvalue weighted by Crippen LogP contribution is 2.30. The predicted octanol–water partition coefficient (Wildman–Crippen LogP) is 2.12. The number of nitrogens with one attached hydrogen (secondary N) is 2. The molecule has 1 aliphatic heterocycles. The molecule has 1 saturated heterocycles. The van der Waals surface area contributed by atoms with Crippen molar-refractivity contribution in [2.24, 2.45) is 4.99 Å². The fraction of sp³-hybridized carbons (Fsp3) is 0.650. The maximum absolute atomic E-state index is 5.47. The van der Waals surface area contributed by atoms with Gasteiger partial charge in [-0.25, -0.2) is 0 Å². The smallest absolute Gasteiger partial charge is 0.191 e. The fourth-order valence-corrected chi connectivity index (χ4v) is 3.10. The minimum Gasteiger partial charge on any atom is -0.497 e. The first kappa shape index (κ1) is 25.6. The van der Waals surface area contributed by atoms with Crippen molar-refractivity contribution in [2.75, 3.05) is 72.7 Å². The van der Waals surface area contributed by atoms with Gasteiger partial charge in [0, 0.05) is 70.3 Å². The van der Waals surface area contributed by atoms with Crippen molar-refractivity contribution in [1.29, 1.82) is 0 Å². The van der Waals surface area contributed by atoms with Crippen LogP contribution in [0.25, 0.3) is 0 Å². The van der Waals surface area contributed by atoms with E-state index in [9.17, 15) is 0 Å². The molecule has 1 aromatic carbocycles. The lowest BCUT2D eigenvalue weighted by atomic mass is 10.2. The number of hydrogen-bond acceptors (Lipinski definition) is 6. The Bertz CT molecular complexity index is 596. The summed E-state index contributed by atoms with van der Waals surface area (Å²) < 4.78 is 21.2. The molecule has 8 nitrogen and oxygen atoms in total. The molecule has 0 amide bonds. The molecule has 1 aromatic rings. The Balaban J connectivity index is 0.00000420. The second-order valence-corrected chi connectivity index (χ2v) is 6.60. The molecule has 0 radical (unpaired) electrons. The zero-order valence-corrected chi connectivity index (χ0v) is 20.2. The molecule has 1 heterocycles. The molecule has 0 aromatic heterocycles. The lowest BCUT2D eigenvalue weighted by Gasteiger charge is -2.21. The molecule has 1 fully saturated rings. The van der Waals surface area contributed by atoms with Crippen molar-refractivity contribution < 1.29 is 18.9 Å². The number of anilines is 1. The van der Waals surface area contributed by atoms with Crippen molar-refractivity contribution in [3.8, 4) is 11.5 Å². The van der Waals surface area contributed by atoms with Gasteiger partial charge in [-0.3, -0.25) is 4.99 Å². The van der Waals surface area contributed by atoms with Gasteiger partial charge < -0.3 is 34.5 Å². The number of aliphatic imine (C=N–C) groups is 1. The minimum absolute atomic E-state index is 0. The van der Waals surface area contributed by atoms with E-state index in [0.29, 0.717) is 25.9 Å². The van der Waals surface area contributed by atoms with Crippen molar-refractivity contribution in [3.63, 3.8) is 0 Å². The van der Waals surface area contributed by atoms with Crippen molar-refractivity contribution in [1.82, 2.24) is 10.6 Å². The first-order chi connectivity index (χ1) is 13.7. The second kappa shape index (κ2) is 14.5. The van der Waals surface area contributed by atoms with Gasteiger partial charge in [-0.2, -0.15) is 0 Å². The largest absolute Gasteiger partial charge is 0.497 e. The summed E-state index contributed by atoms with van der Waals surface area (Å²) in [6, 6.07) is 6.31. The van der Waals surface area contributed by atoms with E-state index in [1.54, 1.807) is 28.4 Å². The number of hydrogen-bond donors (Lipinski definition) is 2. The lowest BCUT2D eigenvalue weighted by Crippen LogP contribution is -2.45. The van der Waals surface area contributed by atoms with E-state index in [1.807, 2.05) is 18.2 Å². The Hall–Kier alpha value is -1.46. The number of ether oxygens (including phenoxy) is 4. The summed E-state index contributed by atoms with van der Waals surface area (Å²) in [5, 5.41) is 6.86. The van der Waals surface area contributed by atoms with Gasteiger partial charge in [0.05, 0.1) is 27.4 Å². The van der Waals surface area contributed by atoms with Gasteiger partial charge in [0.2, 0.25) is 0 Å². The highest BCUT2D eigenvalue weighted by molar-refractivity contribution is 14.0. The first-order valence-corrected chi connectivity index (χ1v) is 9.72. The molecule has 0 bridgehead atoms. The van der Waals surface area contributed by atoms with E-state index in [0.717, 1.165) is 55.6 Å². The number of methoxy groups -OCH3 is 3. The van der Waals surface area contributed by atoms with Crippen LogP contribution < -0.4 is 25.0 Å². The topological polar surface area (TPSA) is 76.6 Å². The normalized spacial score (nSPS) is 16.3. The van der Waals surface area contributed by atoms with Gasteiger partial charge in [0.25, 0.3) is 0 Å². The zero-order chi connectivity index (χ0) is 20.2. The molecule has 2 rings (SSSR count). The Labute approximate surface area is 191 Å². The SMILES string of the molecule is CN=C(NCCCOCCOC)NC1CCN(c2cc(OC)cc(OC)c2)C1.I. The number of halogens is 1. The summed E-state index contributed by atoms with van der Waals surface area (Å²) in [5.41, 5.74) is 1.11. The van der Waals surface area contributed by atoms with Crippen LogP contribution in [-0.4, -0.2) is 79.8 Å². The molecule has 2 N–H and O–H groups in total. The minimum atomic E-state index is 0. The predicted molar refractivity (Wildman–Crippen MR) is 127 cm³/mol. The molecule has 0 aliphatic carbocycles. The molecule has 0 saturated carbocycles. The number of guanidine groups is 1. The van der Waals surface area contributed by atoms with Crippen LogP contribution in [-0.2, 0) is 9.47 Å². The third-order valence-electron chi connectivity index (χ3n) is 4.64. The quantitative estimate of drug-likeness (QED) is 0.200. The van der Waals surface area contributed by atoms with E-state index in [-0.39, 0.29) is 24.0 Å². The fourth-order valence-electron chi connectivity index (χ4n) is 3.10. The van der Waals surface area contributed by atoms with E-state index in [2.05, 4.69) is 20.5 Å². The molecule has 29 heavy (non-hydrogen) atoms. The van der Waals surface area contributed by atoms with Crippen molar-refractivity contribution in [3.05, 3.63) is 18.2 Å². The summed E-state index contributed by atoms with van der Waals surface area (Å²) in [7, 11) is 6.82. The van der Waals surface area contributed by atoms with E-state index < -0.39 is 0 Å². The van der Waals surface area contributed by atoms with Gasteiger partial charge in [-0.15, -0.1) is 24.0 Å². The standard InChI is InChI=1S/C20H34N4O4.HI/c1-21-20(22-7-5-9-28-11-10-25-2)23-16-6-8-24(15-16)17-12-18(26-3)14-19(13-17)27-4;/h12-14,16H,5-11,15H2,1-4H3,(H2,21,22,23);1H. The Morgan fingerprint density at radius 1 is 1.10 bits per heavy atom. The molecular formula is C20H35IN4O4. The molecule has 1 unspecified atom stereocenters. The number of benzene rings is 1. The third-order valence-corrected chi connectivity index (χ3v) is 4.64. The maximum Gasteiger partial charge on any atom is 0.191 e. The lowest BCUT2D eigenvalue weighted by molar-refractivity contribution is 0.0698. The van der Waals surface area contributed by atoms with Crippen molar-refractivity contribution >= 4 is 35.6 Å². The Morgan fingerprint density at radius 2 is 1.83 bits per heavy atom. The summed E-state index contributed by atoms with van der Waals surface area (Å²) in [4.78, 5) is 6.66. The number of rotatable bonds is 11. The number of nitrogens with zero attached hydrogens (tertiary/aromatic N) is 2. The van der Waals surface area contributed by atoms with E-state index >= 15 is 0 Å². The van der Waals surface area contributed by atoms with Gasteiger partial charge in [-0.1, -0.05) is 0 Å². The first-order valence-electron chi connectivity index (χ1n) is 9.72. The highest BCUT2D eigenvalue weighted by Gasteiger charge is 2.24. The van der Waals surface area contributed by atoms with Crippen LogP contribution in [0.1, 0.15) is 12.8 Å². The van der Waals surface area contributed by atoms with Crippen LogP contribution >= 0.6 is 24.0 Å². The average Bonchev–Trinajstić information content (AvgIpc) is 3.20. The van der Waals surface area contributed by atoms with Crippen LogP contribution in [0.2, 0.25) is 0 Å². The van der Waals surface area contributed by atoms with E-state index in [4.69, 9.17) is 18.9 Å². The Kier molecular flexibility index (Phi) is 12.8. The summed E-state index contributed by atoms with van der Waals surface area (Å²) in [5.74, 6) is 2.43. The molecular weight excluding hydrogens is 487 g/mol. The Morgan fingerprint density at radius 3 is 2.45 bits per heavy atom. The molecule has 1 atom stereocenters. The van der Waals surface area contributed by atoms with Crippen LogP contribution in [0, 0.1) is 0 Å². The van der Waals surface area contributed by atoms with Crippen LogP contribution in [0.3, 0.4) is 0 Å². The molecule has 9 heteroatoms. The average molecular weight is 522 g/mol. The molecule has 0 spiro atoms. The van der Waals surface area contributed by atoms with Crippen LogP contribution in [0.5, 0.6) is 11.5 Å². The van der Waals surface area contributed by atoms with Crippen LogP contribution in [0.4, 0.5) is 5.69 Å². The molecule has 1 aliphatic rings. The highest BCUT2D eigenvalue weighted by atomic mass is 127. The van der Waals surface area contributed by atoms with Gasteiger partial charge in [-0.05, 0) is 12.8 Å². The van der Waals surface area contributed by atoms with Crippen LogP contribution in [0.15, 0.2) is 23.2 Å². The molecule has 166 valence electrons. The van der Waals surface area contributed by atoms with Gasteiger partial charge in [0.1, 0.15) is 11.5 Å². The third kappa shape index (κ3) is 8.83. The van der Waals surface area contributed by atoms with Gasteiger partial charge in [0.15, 0.2) is 5.96 Å².